The number of rotatable bonds is 9. The molecule has 1 saturated heterocycles. The minimum atomic E-state index is -0.733. The third-order valence-electron chi connectivity index (χ3n) is 7.51. The average Bonchev–Trinajstić information content (AvgIpc) is 2.99. The number of hydrogen-bond acceptors (Lipinski definition) is 5. The molecule has 0 aromatic heterocycles. The number of hydrogen-bond donors (Lipinski definition) is 1. The van der Waals surface area contributed by atoms with Gasteiger partial charge in [-0.25, -0.2) is 4.79 Å². The molecule has 4 aromatic carbocycles. The molecule has 4 aromatic rings. The first-order valence-corrected chi connectivity index (χ1v) is 14.2. The quantitative estimate of drug-likeness (QED) is 0.165. The zero-order chi connectivity index (χ0) is 28.6. The Bertz CT molecular complexity index is 1470. The summed E-state index contributed by atoms with van der Waals surface area (Å²) in [6.07, 6.45) is 2.25. The smallest absolute Gasteiger partial charge is 0.403 e. The second-order valence-electron chi connectivity index (χ2n) is 10.3. The van der Waals surface area contributed by atoms with Crippen molar-refractivity contribution in [1.29, 1.82) is 0 Å². The fraction of sp³-hybridized carbons (Fsp3) is 0.242. The molecule has 0 spiro atoms. The van der Waals surface area contributed by atoms with E-state index in [9.17, 15) is 14.9 Å². The summed E-state index contributed by atoms with van der Waals surface area (Å²) < 4.78 is 5.28. The van der Waals surface area contributed by atoms with Gasteiger partial charge in [0.25, 0.3) is 0 Å². The summed E-state index contributed by atoms with van der Waals surface area (Å²) in [6.45, 7) is 3.47. The molecule has 7 nitrogen and oxygen atoms in total. The highest BCUT2D eigenvalue weighted by Gasteiger charge is 2.21. The summed E-state index contributed by atoms with van der Waals surface area (Å²) >= 11 is 5.93. The highest BCUT2D eigenvalue weighted by molar-refractivity contribution is 6.30. The Morgan fingerprint density at radius 3 is 2.24 bits per heavy atom. The van der Waals surface area contributed by atoms with E-state index in [1.54, 1.807) is 30.3 Å². The summed E-state index contributed by atoms with van der Waals surface area (Å²) in [5, 5.41) is 14.9. The largest absolute Gasteiger partial charge is 0.412 e. The molecule has 8 heteroatoms. The first-order valence-electron chi connectivity index (χ1n) is 13.8. The fourth-order valence-electron chi connectivity index (χ4n) is 5.23. The number of nitro groups is 1. The lowest BCUT2D eigenvalue weighted by Crippen LogP contribution is -2.32. The van der Waals surface area contributed by atoms with Gasteiger partial charge in [-0.15, -0.1) is 0 Å². The number of halogens is 1. The second kappa shape index (κ2) is 13.4. The van der Waals surface area contributed by atoms with Crippen LogP contribution in [-0.2, 0) is 13.0 Å². The first-order chi connectivity index (χ1) is 19.9. The lowest BCUT2D eigenvalue weighted by molar-refractivity contribution is -0.385. The van der Waals surface area contributed by atoms with E-state index < -0.39 is 11.0 Å². The minimum absolute atomic E-state index is 0.109. The topological polar surface area (TPSA) is 84.7 Å². The van der Waals surface area contributed by atoms with Gasteiger partial charge in [0.05, 0.1) is 4.92 Å². The number of amides is 1. The number of ether oxygens (including phenoxy) is 1. The van der Waals surface area contributed by atoms with Crippen LogP contribution in [0.2, 0.25) is 5.02 Å². The van der Waals surface area contributed by atoms with Gasteiger partial charge in [-0.2, -0.15) is 0 Å². The van der Waals surface area contributed by atoms with Crippen molar-refractivity contribution in [1.82, 2.24) is 10.2 Å². The molecule has 0 atom stereocenters. The van der Waals surface area contributed by atoms with Gasteiger partial charge in [0.15, 0.2) is 0 Å². The van der Waals surface area contributed by atoms with Crippen LogP contribution in [0.15, 0.2) is 97.1 Å². The molecule has 0 aliphatic carbocycles. The molecule has 41 heavy (non-hydrogen) atoms. The summed E-state index contributed by atoms with van der Waals surface area (Å²) in [6, 6.07) is 30.7. The number of carbonyl (C=O) groups excluding carboxylic acids is 1. The highest BCUT2D eigenvalue weighted by atomic mass is 35.5. The number of likely N-dealkylation sites (tertiary alicyclic amines) is 1. The molecule has 1 heterocycles. The third-order valence-corrected chi connectivity index (χ3v) is 7.76. The van der Waals surface area contributed by atoms with Crippen LogP contribution in [0.5, 0.6) is 5.75 Å². The van der Waals surface area contributed by atoms with Crippen LogP contribution in [0.4, 0.5) is 10.5 Å². The van der Waals surface area contributed by atoms with Crippen molar-refractivity contribution < 1.29 is 14.5 Å². The number of nitro benzene ring substituents is 1. The zero-order valence-corrected chi connectivity index (χ0v) is 23.4. The predicted octanol–water partition coefficient (Wildman–Crippen LogP) is 7.63. The molecular weight excluding hydrogens is 538 g/mol. The number of benzene rings is 4. The van der Waals surface area contributed by atoms with Gasteiger partial charge in [0, 0.05) is 24.2 Å². The summed E-state index contributed by atoms with van der Waals surface area (Å²) in [5.41, 5.74) is 4.92. The Morgan fingerprint density at radius 1 is 0.902 bits per heavy atom. The van der Waals surface area contributed by atoms with Crippen molar-refractivity contribution in [3.05, 3.63) is 129 Å². The van der Waals surface area contributed by atoms with E-state index in [1.807, 2.05) is 0 Å². The minimum Gasteiger partial charge on any atom is -0.403 e. The molecule has 1 amide bonds. The first kappa shape index (κ1) is 28.3. The zero-order valence-electron chi connectivity index (χ0n) is 22.7. The van der Waals surface area contributed by atoms with Crippen molar-refractivity contribution in [2.75, 3.05) is 19.6 Å². The summed E-state index contributed by atoms with van der Waals surface area (Å²) in [7, 11) is 0. The molecule has 1 aliphatic rings. The van der Waals surface area contributed by atoms with Gasteiger partial charge in [0.2, 0.25) is 5.75 Å². The summed E-state index contributed by atoms with van der Waals surface area (Å²) in [5.74, 6) is 0.538. The van der Waals surface area contributed by atoms with E-state index >= 15 is 0 Å². The van der Waals surface area contributed by atoms with E-state index in [4.69, 9.17) is 16.3 Å². The van der Waals surface area contributed by atoms with Gasteiger partial charge in [-0.3, -0.25) is 15.0 Å². The van der Waals surface area contributed by atoms with Crippen LogP contribution in [0, 0.1) is 10.1 Å². The van der Waals surface area contributed by atoms with E-state index in [2.05, 4.69) is 64.8 Å². The Hall–Kier alpha value is -4.20. The number of piperidine rings is 1. The number of nitrogens with zero attached hydrogens (tertiary/aromatic N) is 2. The number of nitrogens with one attached hydrogen (secondary N) is 1. The molecule has 0 unspecified atom stereocenters. The molecular formula is C33H32ClN3O4. The van der Waals surface area contributed by atoms with Gasteiger partial charge in [-0.05, 0) is 84.3 Å². The van der Waals surface area contributed by atoms with Crippen LogP contribution in [0.25, 0.3) is 11.1 Å². The third kappa shape index (κ3) is 7.72. The van der Waals surface area contributed by atoms with Crippen LogP contribution in [0.1, 0.15) is 35.4 Å². The van der Waals surface area contributed by atoms with Crippen LogP contribution < -0.4 is 10.1 Å². The fourth-order valence-corrected chi connectivity index (χ4v) is 5.36. The van der Waals surface area contributed by atoms with Gasteiger partial charge >= 0.3 is 11.8 Å². The average molecular weight is 570 g/mol. The van der Waals surface area contributed by atoms with E-state index in [0.717, 1.165) is 30.8 Å². The monoisotopic (exact) mass is 569 g/mol. The normalized spacial score (nSPS) is 14.0. The molecule has 5 rings (SSSR count). The van der Waals surface area contributed by atoms with E-state index in [1.165, 1.54) is 36.1 Å². The highest BCUT2D eigenvalue weighted by Crippen LogP contribution is 2.33. The maximum Gasteiger partial charge on any atom is 0.412 e. The molecule has 1 aliphatic heterocycles. The molecule has 1 fully saturated rings. The maximum atomic E-state index is 12.4. The van der Waals surface area contributed by atoms with Crippen molar-refractivity contribution in [3.63, 3.8) is 0 Å². The van der Waals surface area contributed by atoms with Crippen molar-refractivity contribution in [2.24, 2.45) is 0 Å². The van der Waals surface area contributed by atoms with Crippen LogP contribution >= 0.6 is 11.6 Å². The summed E-state index contributed by atoms with van der Waals surface area (Å²) in [4.78, 5) is 26.0. The van der Waals surface area contributed by atoms with Crippen molar-refractivity contribution in [2.45, 2.75) is 31.7 Å². The lowest BCUT2D eigenvalue weighted by Gasteiger charge is -2.32. The van der Waals surface area contributed by atoms with Gasteiger partial charge < -0.3 is 10.1 Å². The molecule has 0 radical (unpaired) electrons. The molecule has 210 valence electrons. The standard InChI is InChI=1S/C33H32ClN3O4/c34-30-13-10-27(11-14-30)29-12-15-32(31(22-29)37(39)40)41-33(38)35-19-16-24-6-8-25(9-7-24)23-36-20-17-28(18-21-36)26-4-2-1-3-5-26/h1-15,22,28H,16-21,23H2,(H,35,38). The van der Waals surface area contributed by atoms with Crippen LogP contribution in [0.3, 0.4) is 0 Å². The molecule has 0 saturated carbocycles. The predicted molar refractivity (Wildman–Crippen MR) is 161 cm³/mol. The van der Waals surface area contributed by atoms with Crippen LogP contribution in [-0.4, -0.2) is 35.6 Å². The second-order valence-corrected chi connectivity index (χ2v) is 10.7. The number of carbonyl (C=O) groups is 1. The Labute approximate surface area is 244 Å². The van der Waals surface area contributed by atoms with Gasteiger partial charge in [0.1, 0.15) is 0 Å². The van der Waals surface area contributed by atoms with Crippen molar-refractivity contribution >= 4 is 23.4 Å². The lowest BCUT2D eigenvalue weighted by atomic mass is 9.89. The van der Waals surface area contributed by atoms with E-state index in [-0.39, 0.29) is 11.4 Å². The van der Waals surface area contributed by atoms with E-state index in [0.29, 0.717) is 29.5 Å². The molecule has 1 N–H and O–H groups in total. The Balaban J connectivity index is 1.08. The maximum absolute atomic E-state index is 12.4. The van der Waals surface area contributed by atoms with Crippen molar-refractivity contribution in [3.8, 4) is 16.9 Å². The Morgan fingerprint density at radius 2 is 1.56 bits per heavy atom. The SMILES string of the molecule is O=C(NCCc1ccc(CN2CCC(c3ccccc3)CC2)cc1)Oc1ccc(-c2ccc(Cl)cc2)cc1[N+](=O)[O-]. The van der Waals surface area contributed by atoms with Gasteiger partial charge in [-0.1, -0.05) is 84.4 Å². The Kier molecular flexibility index (Phi) is 9.29. The molecule has 0 bridgehead atoms.